The first-order valence-electron chi connectivity index (χ1n) is 6.85. The maximum atomic E-state index is 12.7. The zero-order valence-corrected chi connectivity index (χ0v) is 14.4. The van der Waals surface area contributed by atoms with E-state index in [0.29, 0.717) is 15.7 Å². The largest absolute Gasteiger partial charge is 0.312 e. The van der Waals surface area contributed by atoms with Crippen LogP contribution >= 0.6 is 34.8 Å². The van der Waals surface area contributed by atoms with E-state index < -0.39 is 4.87 Å². The quantitative estimate of drug-likeness (QED) is 0.652. The van der Waals surface area contributed by atoms with Crippen LogP contribution in [0.4, 0.5) is 5.69 Å². The summed E-state index contributed by atoms with van der Waals surface area (Å²) in [5.41, 5.74) is 2.49. The molecule has 0 bridgehead atoms. The molecule has 114 valence electrons. The lowest BCUT2D eigenvalue weighted by atomic mass is 9.76. The Labute approximate surface area is 144 Å². The van der Waals surface area contributed by atoms with E-state index in [1.165, 1.54) is 4.90 Å². The molecule has 0 saturated heterocycles. The van der Waals surface area contributed by atoms with Crippen molar-refractivity contribution in [2.45, 2.75) is 17.7 Å². The van der Waals surface area contributed by atoms with Gasteiger partial charge in [-0.05, 0) is 30.2 Å². The summed E-state index contributed by atoms with van der Waals surface area (Å²) in [6, 6.07) is 13.2. The van der Waals surface area contributed by atoms with E-state index in [0.717, 1.165) is 11.1 Å². The van der Waals surface area contributed by atoms with Crippen LogP contribution in [0.15, 0.2) is 42.5 Å². The molecule has 5 heteroatoms. The molecule has 2 aromatic rings. The van der Waals surface area contributed by atoms with Crippen molar-refractivity contribution >= 4 is 46.4 Å². The van der Waals surface area contributed by atoms with Crippen molar-refractivity contribution in [3.8, 4) is 0 Å². The molecule has 0 spiro atoms. The third-order valence-corrected chi connectivity index (χ3v) is 4.99. The molecule has 3 rings (SSSR count). The summed E-state index contributed by atoms with van der Waals surface area (Å²) in [7, 11) is 1.68. The second-order valence-electron chi connectivity index (χ2n) is 5.61. The van der Waals surface area contributed by atoms with Gasteiger partial charge >= 0.3 is 0 Å². The number of rotatable bonds is 1. The van der Waals surface area contributed by atoms with Crippen LogP contribution in [-0.4, -0.2) is 17.8 Å². The van der Waals surface area contributed by atoms with Crippen LogP contribution in [0, 0.1) is 0 Å². The number of anilines is 1. The van der Waals surface area contributed by atoms with Gasteiger partial charge in [-0.3, -0.25) is 4.79 Å². The summed E-state index contributed by atoms with van der Waals surface area (Å²) in [5.74, 6) is -0.495. The Morgan fingerprint density at radius 1 is 1.14 bits per heavy atom. The van der Waals surface area contributed by atoms with E-state index in [9.17, 15) is 4.79 Å². The lowest BCUT2D eigenvalue weighted by molar-refractivity contribution is -0.121. The standard InChI is InChI=1S/C17H14Cl3NO/c1-17(20)14(10-6-4-3-5-7-10)12-8-11(18)9-13(19)15(12)21(2)16(17)22/h3-9,14H,1-2H3. The zero-order valence-electron chi connectivity index (χ0n) is 12.1. The number of amides is 1. The Hall–Kier alpha value is -1.22. The normalized spacial score (nSPS) is 24.3. The third-order valence-electron chi connectivity index (χ3n) is 4.10. The molecule has 2 atom stereocenters. The maximum Gasteiger partial charge on any atom is 0.248 e. The second-order valence-corrected chi connectivity index (χ2v) is 7.24. The average molecular weight is 355 g/mol. The highest BCUT2D eigenvalue weighted by atomic mass is 35.5. The lowest BCUT2D eigenvalue weighted by Gasteiger charge is -2.42. The van der Waals surface area contributed by atoms with Gasteiger partial charge in [-0.25, -0.2) is 0 Å². The number of hydrogen-bond acceptors (Lipinski definition) is 1. The van der Waals surface area contributed by atoms with Crippen molar-refractivity contribution in [2.75, 3.05) is 11.9 Å². The molecular formula is C17H14Cl3NO. The van der Waals surface area contributed by atoms with Crippen LogP contribution in [0.3, 0.4) is 0 Å². The fourth-order valence-electron chi connectivity index (χ4n) is 3.14. The number of fused-ring (bicyclic) bond motifs is 1. The molecular weight excluding hydrogens is 341 g/mol. The monoisotopic (exact) mass is 353 g/mol. The maximum absolute atomic E-state index is 12.7. The molecule has 0 radical (unpaired) electrons. The first-order chi connectivity index (χ1) is 10.3. The molecule has 0 fully saturated rings. The Balaban J connectivity index is 2.33. The topological polar surface area (TPSA) is 20.3 Å². The SMILES string of the molecule is CN1C(=O)C(C)(Cl)C(c2ccccc2)c2cc(Cl)cc(Cl)c21. The molecule has 2 nitrogen and oxygen atoms in total. The van der Waals surface area contributed by atoms with Gasteiger partial charge in [-0.1, -0.05) is 53.5 Å². The molecule has 0 saturated carbocycles. The van der Waals surface area contributed by atoms with Gasteiger partial charge in [0.1, 0.15) is 4.87 Å². The van der Waals surface area contributed by atoms with Gasteiger partial charge in [-0.15, -0.1) is 11.6 Å². The summed E-state index contributed by atoms with van der Waals surface area (Å²) < 4.78 is 0. The summed E-state index contributed by atoms with van der Waals surface area (Å²) in [6.07, 6.45) is 0. The molecule has 1 heterocycles. The number of hydrogen-bond donors (Lipinski definition) is 0. The highest BCUT2D eigenvalue weighted by Gasteiger charge is 2.49. The molecule has 1 aliphatic heterocycles. The van der Waals surface area contributed by atoms with E-state index in [2.05, 4.69) is 0 Å². The summed E-state index contributed by atoms with van der Waals surface area (Å²) in [4.78, 5) is 13.1. The van der Waals surface area contributed by atoms with Gasteiger partial charge in [0, 0.05) is 18.0 Å². The number of carbonyl (C=O) groups excluding carboxylic acids is 1. The molecule has 0 aliphatic carbocycles. The van der Waals surface area contributed by atoms with E-state index in [4.69, 9.17) is 34.8 Å². The van der Waals surface area contributed by atoms with E-state index in [1.54, 1.807) is 20.0 Å². The highest BCUT2D eigenvalue weighted by molar-refractivity contribution is 6.41. The summed E-state index contributed by atoms with van der Waals surface area (Å²) >= 11 is 19.2. The number of benzene rings is 2. The fourth-order valence-corrected chi connectivity index (χ4v) is 4.15. The van der Waals surface area contributed by atoms with Gasteiger partial charge in [0.25, 0.3) is 0 Å². The second kappa shape index (κ2) is 5.45. The van der Waals surface area contributed by atoms with Crippen molar-refractivity contribution in [1.82, 2.24) is 0 Å². The first kappa shape index (κ1) is 15.7. The summed E-state index contributed by atoms with van der Waals surface area (Å²) in [6.45, 7) is 1.74. The molecule has 0 N–H and O–H groups in total. The molecule has 0 aromatic heterocycles. The number of halogens is 3. The average Bonchev–Trinajstić information content (AvgIpc) is 2.45. The van der Waals surface area contributed by atoms with Crippen LogP contribution in [0.5, 0.6) is 0 Å². The molecule has 1 aliphatic rings. The van der Waals surface area contributed by atoms with E-state index in [1.807, 2.05) is 36.4 Å². The predicted molar refractivity (Wildman–Crippen MR) is 92.4 cm³/mol. The van der Waals surface area contributed by atoms with Crippen LogP contribution in [0.1, 0.15) is 24.0 Å². The van der Waals surface area contributed by atoms with Crippen LogP contribution < -0.4 is 4.90 Å². The highest BCUT2D eigenvalue weighted by Crippen LogP contribution is 2.51. The van der Waals surface area contributed by atoms with Gasteiger partial charge in [0.2, 0.25) is 5.91 Å². The molecule has 22 heavy (non-hydrogen) atoms. The fraction of sp³-hybridized carbons (Fsp3) is 0.235. The van der Waals surface area contributed by atoms with Crippen molar-refractivity contribution in [2.24, 2.45) is 0 Å². The Morgan fingerprint density at radius 3 is 2.41 bits per heavy atom. The number of carbonyl (C=O) groups is 1. The number of nitrogens with zero attached hydrogens (tertiary/aromatic N) is 1. The van der Waals surface area contributed by atoms with Gasteiger partial charge in [-0.2, -0.15) is 0 Å². The van der Waals surface area contributed by atoms with Gasteiger partial charge in [0.15, 0.2) is 0 Å². The lowest BCUT2D eigenvalue weighted by Crippen LogP contribution is -2.50. The molecule has 1 amide bonds. The smallest absolute Gasteiger partial charge is 0.248 e. The minimum atomic E-state index is -1.10. The van der Waals surface area contributed by atoms with Gasteiger partial charge < -0.3 is 4.90 Å². The molecule has 2 unspecified atom stereocenters. The minimum absolute atomic E-state index is 0.181. The van der Waals surface area contributed by atoms with Crippen molar-refractivity contribution in [3.63, 3.8) is 0 Å². The van der Waals surface area contributed by atoms with Crippen molar-refractivity contribution < 1.29 is 4.79 Å². The number of alkyl halides is 1. The van der Waals surface area contributed by atoms with Crippen molar-refractivity contribution in [1.29, 1.82) is 0 Å². The Morgan fingerprint density at radius 2 is 1.77 bits per heavy atom. The first-order valence-corrected chi connectivity index (χ1v) is 7.98. The van der Waals surface area contributed by atoms with Crippen LogP contribution in [0.2, 0.25) is 10.0 Å². The van der Waals surface area contributed by atoms with Crippen LogP contribution in [0.25, 0.3) is 0 Å². The third kappa shape index (κ3) is 2.30. The predicted octanol–water partition coefficient (Wildman–Crippen LogP) is 5.10. The van der Waals surface area contributed by atoms with E-state index >= 15 is 0 Å². The van der Waals surface area contributed by atoms with Gasteiger partial charge in [0.05, 0.1) is 10.7 Å². The minimum Gasteiger partial charge on any atom is -0.312 e. The Kier molecular flexibility index (Phi) is 3.88. The van der Waals surface area contributed by atoms with Crippen LogP contribution in [-0.2, 0) is 4.79 Å². The Bertz CT molecular complexity index is 743. The zero-order chi connectivity index (χ0) is 16.1. The molecule has 2 aromatic carbocycles. The van der Waals surface area contributed by atoms with E-state index in [-0.39, 0.29) is 11.8 Å². The van der Waals surface area contributed by atoms with Crippen molar-refractivity contribution in [3.05, 3.63) is 63.6 Å². The summed E-state index contributed by atoms with van der Waals surface area (Å²) in [5, 5.41) is 0.978.